The molecular weight excluding hydrogens is 232 g/mol. The first-order chi connectivity index (χ1) is 7.78. The monoisotopic (exact) mass is 252 g/mol. The van der Waals surface area contributed by atoms with Crippen LogP contribution in [-0.2, 0) is 0 Å². The minimum Gasteiger partial charge on any atom is -0.347 e. The Morgan fingerprint density at radius 1 is 1.35 bits per heavy atom. The number of thiophene rings is 1. The Bertz CT molecular complexity index is 407. The van der Waals surface area contributed by atoms with Crippen LogP contribution in [0.3, 0.4) is 0 Å². The predicted octanol–water partition coefficient (Wildman–Crippen LogP) is 2.24. The van der Waals surface area contributed by atoms with Gasteiger partial charge in [-0.15, -0.1) is 11.3 Å². The van der Waals surface area contributed by atoms with Crippen LogP contribution in [0.25, 0.3) is 0 Å². The van der Waals surface area contributed by atoms with Gasteiger partial charge in [-0.25, -0.2) is 0 Å². The van der Waals surface area contributed by atoms with Gasteiger partial charge in [0.15, 0.2) is 0 Å². The molecule has 0 spiro atoms. The van der Waals surface area contributed by atoms with Gasteiger partial charge in [0.1, 0.15) is 0 Å². The molecule has 1 aliphatic carbocycles. The molecule has 2 rings (SSSR count). The number of hydrogen-bond acceptors (Lipinski definition) is 3. The van der Waals surface area contributed by atoms with Gasteiger partial charge in [-0.1, -0.05) is 33.8 Å². The van der Waals surface area contributed by atoms with E-state index in [0.717, 1.165) is 4.88 Å². The smallest absolute Gasteiger partial charge is 0.261 e. The second kappa shape index (κ2) is 3.82. The molecule has 1 aliphatic rings. The quantitative estimate of drug-likeness (QED) is 0.848. The molecule has 1 heterocycles. The maximum atomic E-state index is 12.0. The minimum atomic E-state index is -0.0452. The van der Waals surface area contributed by atoms with Gasteiger partial charge in [-0.3, -0.25) is 4.79 Å². The summed E-state index contributed by atoms with van der Waals surface area (Å²) in [5.74, 6) is 0.0121. The lowest BCUT2D eigenvalue weighted by Crippen LogP contribution is -2.76. The number of nitrogens with one attached hydrogen (secondary N) is 1. The lowest BCUT2D eigenvalue weighted by atomic mass is 9.48. The number of carbonyl (C=O) groups excluding carboxylic acids is 1. The lowest BCUT2D eigenvalue weighted by molar-refractivity contribution is -0.0663. The van der Waals surface area contributed by atoms with Gasteiger partial charge in [-0.2, -0.15) is 0 Å². The highest BCUT2D eigenvalue weighted by atomic mass is 32.1. The molecule has 1 aromatic heterocycles. The number of hydrogen-bond donors (Lipinski definition) is 2. The lowest BCUT2D eigenvalue weighted by Gasteiger charge is -2.62. The van der Waals surface area contributed by atoms with Crippen molar-refractivity contribution in [2.45, 2.75) is 39.8 Å². The first kappa shape index (κ1) is 12.6. The molecule has 4 heteroatoms. The third kappa shape index (κ3) is 1.79. The molecular formula is C13H20N2OS. The Labute approximate surface area is 106 Å². The SMILES string of the molecule is CC1(C)C(N)C(C)(C)C1NC(=O)c1cccs1. The summed E-state index contributed by atoms with van der Waals surface area (Å²) in [7, 11) is 0. The summed E-state index contributed by atoms with van der Waals surface area (Å²) in [4.78, 5) is 12.8. The van der Waals surface area contributed by atoms with E-state index in [1.807, 2.05) is 17.5 Å². The van der Waals surface area contributed by atoms with Crippen LogP contribution >= 0.6 is 11.3 Å². The van der Waals surface area contributed by atoms with Crippen LogP contribution in [0, 0.1) is 10.8 Å². The Morgan fingerprint density at radius 3 is 2.41 bits per heavy atom. The van der Waals surface area contributed by atoms with Gasteiger partial charge in [0.25, 0.3) is 5.91 Å². The van der Waals surface area contributed by atoms with Crippen molar-refractivity contribution in [3.63, 3.8) is 0 Å². The Kier molecular flexibility index (Phi) is 2.83. The van der Waals surface area contributed by atoms with Crippen LogP contribution in [0.1, 0.15) is 37.4 Å². The molecule has 1 saturated carbocycles. The van der Waals surface area contributed by atoms with Crippen LogP contribution in [0.2, 0.25) is 0 Å². The van der Waals surface area contributed by atoms with Crippen LogP contribution in [0.4, 0.5) is 0 Å². The van der Waals surface area contributed by atoms with Crippen molar-refractivity contribution in [3.05, 3.63) is 22.4 Å². The van der Waals surface area contributed by atoms with Crippen molar-refractivity contribution in [3.8, 4) is 0 Å². The fourth-order valence-corrected chi connectivity index (χ4v) is 3.79. The maximum absolute atomic E-state index is 12.0. The van der Waals surface area contributed by atoms with E-state index in [1.165, 1.54) is 11.3 Å². The van der Waals surface area contributed by atoms with Crippen molar-refractivity contribution in [2.75, 3.05) is 0 Å². The Hall–Kier alpha value is -0.870. The summed E-state index contributed by atoms with van der Waals surface area (Å²) < 4.78 is 0. The van der Waals surface area contributed by atoms with Gasteiger partial charge in [0.05, 0.1) is 4.88 Å². The minimum absolute atomic E-state index is 0.0121. The van der Waals surface area contributed by atoms with Gasteiger partial charge in [-0.05, 0) is 11.4 Å². The molecule has 0 unspecified atom stereocenters. The first-order valence-electron chi connectivity index (χ1n) is 5.88. The first-order valence-corrected chi connectivity index (χ1v) is 6.76. The Morgan fingerprint density at radius 2 is 1.94 bits per heavy atom. The zero-order valence-electron chi connectivity index (χ0n) is 10.8. The van der Waals surface area contributed by atoms with Crippen LogP contribution in [0.5, 0.6) is 0 Å². The summed E-state index contributed by atoms with van der Waals surface area (Å²) in [6.45, 7) is 8.45. The molecule has 0 aromatic carbocycles. The van der Waals surface area contributed by atoms with Gasteiger partial charge in [0, 0.05) is 22.9 Å². The van der Waals surface area contributed by atoms with E-state index < -0.39 is 0 Å². The highest BCUT2D eigenvalue weighted by Gasteiger charge is 2.60. The van der Waals surface area contributed by atoms with E-state index in [9.17, 15) is 4.79 Å². The van der Waals surface area contributed by atoms with Crippen LogP contribution in [0.15, 0.2) is 17.5 Å². The second-order valence-corrected chi connectivity index (χ2v) is 6.95. The van der Waals surface area contributed by atoms with Crippen molar-refractivity contribution < 1.29 is 4.79 Å². The van der Waals surface area contributed by atoms with E-state index in [2.05, 4.69) is 33.0 Å². The third-order valence-corrected chi connectivity index (χ3v) is 4.98. The molecule has 1 amide bonds. The second-order valence-electron chi connectivity index (χ2n) is 6.00. The highest BCUT2D eigenvalue weighted by Crippen LogP contribution is 2.52. The summed E-state index contributed by atoms with van der Waals surface area (Å²) in [5.41, 5.74) is 6.08. The van der Waals surface area contributed by atoms with Crippen molar-refractivity contribution in [1.82, 2.24) is 5.32 Å². The number of rotatable bonds is 2. The average molecular weight is 252 g/mol. The fourth-order valence-electron chi connectivity index (χ4n) is 3.16. The largest absolute Gasteiger partial charge is 0.347 e. The van der Waals surface area contributed by atoms with E-state index in [1.54, 1.807) is 0 Å². The van der Waals surface area contributed by atoms with Gasteiger partial charge in [0.2, 0.25) is 0 Å². The van der Waals surface area contributed by atoms with Gasteiger partial charge < -0.3 is 11.1 Å². The van der Waals surface area contributed by atoms with E-state index in [0.29, 0.717) is 0 Å². The molecule has 0 bridgehead atoms. The molecule has 0 saturated heterocycles. The van der Waals surface area contributed by atoms with Crippen molar-refractivity contribution in [2.24, 2.45) is 16.6 Å². The molecule has 0 radical (unpaired) electrons. The van der Waals surface area contributed by atoms with Crippen LogP contribution < -0.4 is 11.1 Å². The van der Waals surface area contributed by atoms with E-state index in [4.69, 9.17) is 5.73 Å². The standard InChI is InChI=1S/C13H20N2OS/c1-12(2)10(14)13(3,4)11(12)15-9(16)8-6-5-7-17-8/h5-7,10-11H,14H2,1-4H3,(H,15,16). The molecule has 1 fully saturated rings. The van der Waals surface area contributed by atoms with Crippen LogP contribution in [-0.4, -0.2) is 18.0 Å². The molecule has 1 aromatic rings. The zero-order valence-corrected chi connectivity index (χ0v) is 11.6. The zero-order chi connectivity index (χ0) is 12.8. The molecule has 94 valence electrons. The summed E-state index contributed by atoms with van der Waals surface area (Å²) in [6, 6.07) is 3.98. The number of amides is 1. The van der Waals surface area contributed by atoms with Crippen molar-refractivity contribution >= 4 is 17.2 Å². The molecule has 0 atom stereocenters. The summed E-state index contributed by atoms with van der Waals surface area (Å²) in [6.07, 6.45) is 0. The maximum Gasteiger partial charge on any atom is 0.261 e. The molecule has 3 nitrogen and oxygen atoms in total. The highest BCUT2D eigenvalue weighted by molar-refractivity contribution is 7.12. The van der Waals surface area contributed by atoms with Gasteiger partial charge >= 0.3 is 0 Å². The third-order valence-electron chi connectivity index (χ3n) is 4.11. The normalized spacial score (nSPS) is 29.5. The fraction of sp³-hybridized carbons (Fsp3) is 0.615. The summed E-state index contributed by atoms with van der Waals surface area (Å²) in [5, 5.41) is 5.04. The number of carbonyl (C=O) groups is 1. The summed E-state index contributed by atoms with van der Waals surface area (Å²) >= 11 is 1.47. The Balaban J connectivity index is 2.12. The molecule has 3 N–H and O–H groups in total. The molecule has 0 aliphatic heterocycles. The average Bonchev–Trinajstić information content (AvgIpc) is 2.77. The van der Waals surface area contributed by atoms with Crippen molar-refractivity contribution in [1.29, 1.82) is 0 Å². The predicted molar refractivity (Wildman–Crippen MR) is 71.1 cm³/mol. The van der Waals surface area contributed by atoms with E-state index in [-0.39, 0.29) is 28.8 Å². The number of nitrogens with two attached hydrogens (primary N) is 1. The topological polar surface area (TPSA) is 55.1 Å². The molecule has 17 heavy (non-hydrogen) atoms. The van der Waals surface area contributed by atoms with E-state index >= 15 is 0 Å².